The molecule has 1 heterocycles. The topological polar surface area (TPSA) is 76.8 Å². The van der Waals surface area contributed by atoms with E-state index in [0.29, 0.717) is 23.3 Å². The molecular weight excluding hydrogens is 300 g/mol. The Morgan fingerprint density at radius 3 is 2.55 bits per heavy atom. The van der Waals surface area contributed by atoms with Crippen molar-refractivity contribution in [3.63, 3.8) is 0 Å². The van der Waals surface area contributed by atoms with Gasteiger partial charge in [0.1, 0.15) is 12.4 Å². The molecule has 3 aromatic rings. The van der Waals surface area contributed by atoms with Crippen LogP contribution in [0.3, 0.4) is 0 Å². The summed E-state index contributed by atoms with van der Waals surface area (Å²) in [5.74, 6) is 1.93. The molecule has 1 unspecified atom stereocenters. The number of aromatic amines is 1. The van der Waals surface area contributed by atoms with E-state index in [1.807, 2.05) is 42.5 Å². The van der Waals surface area contributed by atoms with Gasteiger partial charge in [-0.05, 0) is 29.8 Å². The van der Waals surface area contributed by atoms with Crippen LogP contribution in [-0.2, 0) is 6.61 Å². The molecule has 22 heavy (non-hydrogen) atoms. The van der Waals surface area contributed by atoms with E-state index in [0.717, 1.165) is 11.3 Å². The lowest BCUT2D eigenvalue weighted by molar-refractivity contribution is 0.296. The first kappa shape index (κ1) is 14.6. The van der Waals surface area contributed by atoms with E-state index in [1.54, 1.807) is 12.1 Å². The number of hydrogen-bond acceptors (Lipinski definition) is 4. The molecule has 2 aromatic carbocycles. The second-order valence-corrected chi connectivity index (χ2v) is 5.21. The van der Waals surface area contributed by atoms with Crippen LogP contribution in [0.2, 0.25) is 5.02 Å². The third-order valence-electron chi connectivity index (χ3n) is 3.18. The van der Waals surface area contributed by atoms with Crippen LogP contribution in [0.5, 0.6) is 5.75 Å². The Balaban J connectivity index is 1.66. The number of hydrogen-bond donors (Lipinski definition) is 2. The predicted octanol–water partition coefficient (Wildman–Crippen LogP) is 3.09. The van der Waals surface area contributed by atoms with Gasteiger partial charge in [0, 0.05) is 5.02 Å². The molecule has 0 aliphatic rings. The zero-order chi connectivity index (χ0) is 15.4. The average Bonchev–Trinajstić information content (AvgIpc) is 3.03. The van der Waals surface area contributed by atoms with E-state index in [4.69, 9.17) is 22.1 Å². The predicted molar refractivity (Wildman–Crippen MR) is 84.6 cm³/mol. The van der Waals surface area contributed by atoms with Crippen LogP contribution < -0.4 is 10.5 Å². The number of nitrogens with zero attached hydrogens (tertiary/aromatic N) is 2. The summed E-state index contributed by atoms with van der Waals surface area (Å²) >= 11 is 5.87. The molecule has 0 aliphatic carbocycles. The molecule has 1 aromatic heterocycles. The number of halogens is 1. The van der Waals surface area contributed by atoms with Crippen LogP contribution in [0, 0.1) is 0 Å². The molecule has 0 radical (unpaired) electrons. The maximum atomic E-state index is 6.16. The van der Waals surface area contributed by atoms with Gasteiger partial charge in [-0.2, -0.15) is 5.10 Å². The van der Waals surface area contributed by atoms with Gasteiger partial charge in [0.15, 0.2) is 11.6 Å². The largest absolute Gasteiger partial charge is 0.486 e. The lowest BCUT2D eigenvalue weighted by Gasteiger charge is -2.07. The van der Waals surface area contributed by atoms with Crippen molar-refractivity contribution in [1.29, 1.82) is 0 Å². The van der Waals surface area contributed by atoms with Crippen molar-refractivity contribution in [3.05, 3.63) is 76.8 Å². The van der Waals surface area contributed by atoms with Gasteiger partial charge in [-0.1, -0.05) is 41.9 Å². The van der Waals surface area contributed by atoms with Crippen molar-refractivity contribution in [1.82, 2.24) is 15.2 Å². The number of nitrogens with one attached hydrogen (secondary N) is 1. The van der Waals surface area contributed by atoms with Crippen LogP contribution in [0.1, 0.15) is 23.3 Å². The lowest BCUT2D eigenvalue weighted by atomic mass is 10.1. The highest BCUT2D eigenvalue weighted by molar-refractivity contribution is 6.30. The van der Waals surface area contributed by atoms with Crippen molar-refractivity contribution >= 4 is 11.6 Å². The van der Waals surface area contributed by atoms with Gasteiger partial charge in [-0.15, -0.1) is 0 Å². The zero-order valence-electron chi connectivity index (χ0n) is 11.7. The van der Waals surface area contributed by atoms with E-state index < -0.39 is 6.04 Å². The fourth-order valence-electron chi connectivity index (χ4n) is 2.00. The summed E-state index contributed by atoms with van der Waals surface area (Å²) in [6.45, 7) is 0.310. The van der Waals surface area contributed by atoms with Gasteiger partial charge in [0.25, 0.3) is 0 Å². The summed E-state index contributed by atoms with van der Waals surface area (Å²) in [7, 11) is 0. The maximum absolute atomic E-state index is 6.16. The lowest BCUT2D eigenvalue weighted by Crippen LogP contribution is -2.13. The highest BCUT2D eigenvalue weighted by atomic mass is 35.5. The van der Waals surface area contributed by atoms with E-state index in [1.165, 1.54) is 0 Å². The minimum Gasteiger partial charge on any atom is -0.486 e. The zero-order valence-corrected chi connectivity index (χ0v) is 12.5. The quantitative estimate of drug-likeness (QED) is 0.758. The van der Waals surface area contributed by atoms with Crippen molar-refractivity contribution in [3.8, 4) is 5.75 Å². The number of nitrogens with two attached hydrogens (primary N) is 1. The molecule has 3 N–H and O–H groups in total. The van der Waals surface area contributed by atoms with Gasteiger partial charge < -0.3 is 10.5 Å². The molecule has 0 saturated carbocycles. The minimum absolute atomic E-state index is 0.310. The Hall–Kier alpha value is -2.37. The molecular formula is C16H15ClN4O. The van der Waals surface area contributed by atoms with E-state index in [-0.39, 0.29) is 0 Å². The maximum Gasteiger partial charge on any atom is 0.172 e. The van der Waals surface area contributed by atoms with Crippen molar-refractivity contribution in [2.75, 3.05) is 0 Å². The van der Waals surface area contributed by atoms with Crippen molar-refractivity contribution in [2.45, 2.75) is 12.6 Å². The van der Waals surface area contributed by atoms with Gasteiger partial charge >= 0.3 is 0 Å². The second-order valence-electron chi connectivity index (χ2n) is 4.77. The number of aromatic nitrogens is 3. The third-order valence-corrected chi connectivity index (χ3v) is 3.43. The molecule has 112 valence electrons. The molecule has 6 heteroatoms. The number of H-pyrrole nitrogens is 1. The van der Waals surface area contributed by atoms with Crippen LogP contribution in [-0.4, -0.2) is 15.2 Å². The molecule has 0 bridgehead atoms. The average molecular weight is 315 g/mol. The third kappa shape index (κ3) is 3.44. The minimum atomic E-state index is -0.404. The molecule has 5 nitrogen and oxygen atoms in total. The summed E-state index contributed by atoms with van der Waals surface area (Å²) in [6, 6.07) is 16.4. The summed E-state index contributed by atoms with van der Waals surface area (Å²) < 4.78 is 5.61. The number of benzene rings is 2. The molecule has 3 rings (SSSR count). The Morgan fingerprint density at radius 2 is 1.82 bits per heavy atom. The Kier molecular flexibility index (Phi) is 4.37. The van der Waals surface area contributed by atoms with Crippen molar-refractivity contribution in [2.24, 2.45) is 5.73 Å². The van der Waals surface area contributed by atoms with E-state index in [9.17, 15) is 0 Å². The highest BCUT2D eigenvalue weighted by Gasteiger charge is 2.14. The molecule has 0 saturated heterocycles. The summed E-state index contributed by atoms with van der Waals surface area (Å²) in [5, 5.41) is 7.67. The SMILES string of the molecule is NC(c1ccc(Cl)cc1)c1n[nH]c(COc2ccccc2)n1. The number of rotatable bonds is 5. The first-order valence-corrected chi connectivity index (χ1v) is 7.20. The molecule has 0 amide bonds. The Morgan fingerprint density at radius 1 is 1.09 bits per heavy atom. The fourth-order valence-corrected chi connectivity index (χ4v) is 2.13. The molecule has 0 aliphatic heterocycles. The van der Waals surface area contributed by atoms with E-state index >= 15 is 0 Å². The summed E-state index contributed by atoms with van der Waals surface area (Å²) in [4.78, 5) is 4.37. The molecule has 1 atom stereocenters. The Bertz CT molecular complexity index is 727. The molecule has 0 spiro atoms. The first-order valence-electron chi connectivity index (χ1n) is 6.82. The fraction of sp³-hybridized carbons (Fsp3) is 0.125. The summed E-state index contributed by atoms with van der Waals surface area (Å²) in [6.07, 6.45) is 0. The first-order chi connectivity index (χ1) is 10.7. The van der Waals surface area contributed by atoms with Gasteiger partial charge in [0.05, 0.1) is 6.04 Å². The van der Waals surface area contributed by atoms with Gasteiger partial charge in [-0.25, -0.2) is 4.98 Å². The van der Waals surface area contributed by atoms with Crippen LogP contribution in [0.25, 0.3) is 0 Å². The number of para-hydroxylation sites is 1. The number of ether oxygens (including phenoxy) is 1. The van der Waals surface area contributed by atoms with Crippen LogP contribution in [0.15, 0.2) is 54.6 Å². The van der Waals surface area contributed by atoms with Gasteiger partial charge in [0.2, 0.25) is 0 Å². The smallest absolute Gasteiger partial charge is 0.172 e. The second kappa shape index (κ2) is 6.60. The standard InChI is InChI=1S/C16H15ClN4O/c17-12-8-6-11(7-9-12)15(18)16-19-14(20-21-16)10-22-13-4-2-1-3-5-13/h1-9,15H,10,18H2,(H,19,20,21). The molecule has 0 fully saturated rings. The monoisotopic (exact) mass is 314 g/mol. The normalized spacial score (nSPS) is 12.1. The highest BCUT2D eigenvalue weighted by Crippen LogP contribution is 2.19. The van der Waals surface area contributed by atoms with Gasteiger partial charge in [-0.3, -0.25) is 5.10 Å². The summed E-state index contributed by atoms with van der Waals surface area (Å²) in [5.41, 5.74) is 7.06. The van der Waals surface area contributed by atoms with E-state index in [2.05, 4.69) is 15.2 Å². The Labute approximate surface area is 133 Å². The van der Waals surface area contributed by atoms with Crippen molar-refractivity contribution < 1.29 is 4.74 Å². The van der Waals surface area contributed by atoms with Crippen LogP contribution in [0.4, 0.5) is 0 Å². The van der Waals surface area contributed by atoms with Crippen LogP contribution >= 0.6 is 11.6 Å².